The highest BCUT2D eigenvalue weighted by molar-refractivity contribution is 7.90. The van der Waals surface area contributed by atoms with Crippen molar-refractivity contribution in [3.8, 4) is 0 Å². The SMILES string of the molecule is CN(CCS(C)(=O)=O)C(=O)c1ccc(F)cc1. The smallest absolute Gasteiger partial charge is 0.253 e. The second kappa shape index (κ2) is 5.27. The summed E-state index contributed by atoms with van der Waals surface area (Å²) in [6.45, 7) is 0.120. The van der Waals surface area contributed by atoms with Crippen molar-refractivity contribution >= 4 is 15.7 Å². The number of hydrogen-bond acceptors (Lipinski definition) is 3. The minimum atomic E-state index is -3.10. The fourth-order valence-electron chi connectivity index (χ4n) is 1.22. The van der Waals surface area contributed by atoms with Crippen molar-refractivity contribution in [2.45, 2.75) is 0 Å². The van der Waals surface area contributed by atoms with Gasteiger partial charge in [0.2, 0.25) is 0 Å². The van der Waals surface area contributed by atoms with Crippen LogP contribution in [0.2, 0.25) is 0 Å². The van der Waals surface area contributed by atoms with Gasteiger partial charge in [-0.05, 0) is 24.3 Å². The molecule has 0 saturated heterocycles. The second-order valence-electron chi connectivity index (χ2n) is 3.86. The molecule has 0 aliphatic heterocycles. The molecule has 0 fully saturated rings. The molecular weight excluding hydrogens is 245 g/mol. The molecule has 0 heterocycles. The molecule has 0 saturated carbocycles. The van der Waals surface area contributed by atoms with Gasteiger partial charge in [0.25, 0.3) is 5.91 Å². The van der Waals surface area contributed by atoms with Crippen molar-refractivity contribution in [3.05, 3.63) is 35.6 Å². The molecule has 0 radical (unpaired) electrons. The summed E-state index contributed by atoms with van der Waals surface area (Å²) in [6.07, 6.45) is 1.11. The maximum atomic E-state index is 12.7. The number of halogens is 1. The summed E-state index contributed by atoms with van der Waals surface area (Å²) in [5, 5.41) is 0. The van der Waals surface area contributed by atoms with Gasteiger partial charge in [-0.1, -0.05) is 0 Å². The molecule has 0 aliphatic rings. The summed E-state index contributed by atoms with van der Waals surface area (Å²) in [7, 11) is -1.58. The van der Waals surface area contributed by atoms with Crippen LogP contribution in [0.4, 0.5) is 4.39 Å². The molecule has 0 spiro atoms. The van der Waals surface area contributed by atoms with Crippen LogP contribution in [0.15, 0.2) is 24.3 Å². The Balaban J connectivity index is 2.67. The Bertz CT molecular complexity index is 496. The monoisotopic (exact) mass is 259 g/mol. The number of hydrogen-bond donors (Lipinski definition) is 0. The molecule has 0 atom stereocenters. The van der Waals surface area contributed by atoms with Crippen molar-refractivity contribution in [2.75, 3.05) is 25.6 Å². The molecule has 0 N–H and O–H groups in total. The van der Waals surface area contributed by atoms with E-state index in [0.29, 0.717) is 5.56 Å². The van der Waals surface area contributed by atoms with E-state index in [-0.39, 0.29) is 18.2 Å². The third kappa shape index (κ3) is 4.52. The van der Waals surface area contributed by atoms with Gasteiger partial charge in [0, 0.05) is 25.4 Å². The van der Waals surface area contributed by atoms with Crippen LogP contribution in [-0.2, 0) is 9.84 Å². The molecular formula is C11H14FNO3S. The van der Waals surface area contributed by atoms with Gasteiger partial charge >= 0.3 is 0 Å². The molecule has 17 heavy (non-hydrogen) atoms. The lowest BCUT2D eigenvalue weighted by Crippen LogP contribution is -2.31. The minimum Gasteiger partial charge on any atom is -0.341 e. The van der Waals surface area contributed by atoms with Gasteiger partial charge < -0.3 is 4.90 Å². The number of sulfone groups is 1. The summed E-state index contributed by atoms with van der Waals surface area (Å²) >= 11 is 0. The average Bonchev–Trinajstić information content (AvgIpc) is 2.25. The lowest BCUT2D eigenvalue weighted by atomic mass is 10.2. The molecule has 0 aliphatic carbocycles. The highest BCUT2D eigenvalue weighted by Gasteiger charge is 2.13. The number of amides is 1. The third-order valence-electron chi connectivity index (χ3n) is 2.24. The largest absolute Gasteiger partial charge is 0.341 e. The zero-order valence-corrected chi connectivity index (χ0v) is 10.5. The predicted molar refractivity (Wildman–Crippen MR) is 63.1 cm³/mol. The van der Waals surface area contributed by atoms with Crippen LogP contribution in [0.1, 0.15) is 10.4 Å². The summed E-state index contributed by atoms with van der Waals surface area (Å²) in [4.78, 5) is 13.1. The zero-order valence-electron chi connectivity index (χ0n) is 9.68. The van der Waals surface area contributed by atoms with Gasteiger partial charge in [-0.15, -0.1) is 0 Å². The minimum absolute atomic E-state index is 0.0869. The standard InChI is InChI=1S/C11H14FNO3S/c1-13(7-8-17(2,15)16)11(14)9-3-5-10(12)6-4-9/h3-6H,7-8H2,1-2H3. The lowest BCUT2D eigenvalue weighted by Gasteiger charge is -2.16. The Hall–Kier alpha value is -1.43. The van der Waals surface area contributed by atoms with E-state index in [1.54, 1.807) is 0 Å². The van der Waals surface area contributed by atoms with E-state index in [1.165, 1.54) is 36.2 Å². The van der Waals surface area contributed by atoms with Crippen molar-refractivity contribution in [3.63, 3.8) is 0 Å². The summed E-state index contributed by atoms with van der Waals surface area (Å²) < 4.78 is 34.6. The molecule has 0 bridgehead atoms. The van der Waals surface area contributed by atoms with Gasteiger partial charge in [-0.2, -0.15) is 0 Å². The first-order valence-electron chi connectivity index (χ1n) is 4.98. The fourth-order valence-corrected chi connectivity index (χ4v) is 1.82. The van der Waals surface area contributed by atoms with Crippen molar-refractivity contribution in [1.29, 1.82) is 0 Å². The van der Waals surface area contributed by atoms with Gasteiger partial charge in [-0.3, -0.25) is 4.79 Å². The van der Waals surface area contributed by atoms with Crippen molar-refractivity contribution in [2.24, 2.45) is 0 Å². The molecule has 0 aromatic heterocycles. The summed E-state index contributed by atoms with van der Waals surface area (Å²) in [6, 6.07) is 5.12. The second-order valence-corrected chi connectivity index (χ2v) is 6.12. The first-order valence-corrected chi connectivity index (χ1v) is 7.04. The topological polar surface area (TPSA) is 54.5 Å². The van der Waals surface area contributed by atoms with Crippen LogP contribution < -0.4 is 0 Å². The van der Waals surface area contributed by atoms with E-state index < -0.39 is 15.7 Å². The molecule has 94 valence electrons. The Morgan fingerprint density at radius 1 is 1.29 bits per heavy atom. The highest BCUT2D eigenvalue weighted by Crippen LogP contribution is 2.05. The molecule has 1 amide bonds. The molecule has 1 rings (SSSR count). The summed E-state index contributed by atoms with van der Waals surface area (Å²) in [5.41, 5.74) is 0.336. The van der Waals surface area contributed by atoms with Crippen LogP contribution >= 0.6 is 0 Å². The Morgan fingerprint density at radius 2 is 1.82 bits per heavy atom. The number of carbonyl (C=O) groups is 1. The normalized spacial score (nSPS) is 11.2. The quantitative estimate of drug-likeness (QED) is 0.808. The highest BCUT2D eigenvalue weighted by atomic mass is 32.2. The van der Waals surface area contributed by atoms with E-state index in [1.807, 2.05) is 0 Å². The van der Waals surface area contributed by atoms with E-state index in [9.17, 15) is 17.6 Å². The van der Waals surface area contributed by atoms with Crippen LogP contribution in [0.3, 0.4) is 0 Å². The number of benzene rings is 1. The fraction of sp³-hybridized carbons (Fsp3) is 0.364. The number of carbonyl (C=O) groups excluding carboxylic acids is 1. The zero-order chi connectivity index (χ0) is 13.1. The van der Waals surface area contributed by atoms with Gasteiger partial charge in [0.15, 0.2) is 0 Å². The number of nitrogens with zero attached hydrogens (tertiary/aromatic N) is 1. The van der Waals surface area contributed by atoms with E-state index in [2.05, 4.69) is 0 Å². The molecule has 6 heteroatoms. The molecule has 4 nitrogen and oxygen atoms in total. The van der Waals surface area contributed by atoms with Gasteiger partial charge in [0.1, 0.15) is 15.7 Å². The van der Waals surface area contributed by atoms with Crippen LogP contribution in [-0.4, -0.2) is 44.8 Å². The Labute approximate surface area is 100.0 Å². The van der Waals surface area contributed by atoms with E-state index >= 15 is 0 Å². The van der Waals surface area contributed by atoms with Gasteiger partial charge in [0.05, 0.1) is 5.75 Å². The number of rotatable bonds is 4. The van der Waals surface area contributed by atoms with Crippen LogP contribution in [0.25, 0.3) is 0 Å². The third-order valence-corrected chi connectivity index (χ3v) is 3.16. The van der Waals surface area contributed by atoms with Gasteiger partial charge in [-0.25, -0.2) is 12.8 Å². The first kappa shape index (κ1) is 13.6. The van der Waals surface area contributed by atoms with E-state index in [4.69, 9.17) is 0 Å². The van der Waals surface area contributed by atoms with Crippen molar-refractivity contribution in [1.82, 2.24) is 4.90 Å². The Kier molecular flexibility index (Phi) is 4.22. The molecule has 1 aromatic carbocycles. The van der Waals surface area contributed by atoms with E-state index in [0.717, 1.165) is 6.26 Å². The van der Waals surface area contributed by atoms with Crippen LogP contribution in [0, 0.1) is 5.82 Å². The lowest BCUT2D eigenvalue weighted by molar-refractivity contribution is 0.0803. The predicted octanol–water partition coefficient (Wildman–Crippen LogP) is 0.942. The Morgan fingerprint density at radius 3 is 2.29 bits per heavy atom. The maximum Gasteiger partial charge on any atom is 0.253 e. The van der Waals surface area contributed by atoms with Crippen molar-refractivity contribution < 1.29 is 17.6 Å². The maximum absolute atomic E-state index is 12.7. The summed E-state index contributed by atoms with van der Waals surface area (Å²) in [5.74, 6) is -0.829. The average molecular weight is 259 g/mol. The molecule has 0 unspecified atom stereocenters. The van der Waals surface area contributed by atoms with Crippen LogP contribution in [0.5, 0.6) is 0 Å². The first-order chi connectivity index (χ1) is 7.79. The molecule has 1 aromatic rings.